The van der Waals surface area contributed by atoms with Gasteiger partial charge in [-0.15, -0.1) is 0 Å². The van der Waals surface area contributed by atoms with E-state index in [2.05, 4.69) is 9.73 Å². The first-order valence-corrected chi connectivity index (χ1v) is 8.66. The van der Waals surface area contributed by atoms with E-state index in [4.69, 9.17) is 21.1 Å². The van der Waals surface area contributed by atoms with Crippen LogP contribution in [0.1, 0.15) is 18.1 Å². The summed E-state index contributed by atoms with van der Waals surface area (Å²) in [4.78, 5) is 37.8. The first kappa shape index (κ1) is 20.0. The average molecular weight is 417 g/mol. The molecular formula is C19H13ClN2O7. The van der Waals surface area contributed by atoms with Crippen LogP contribution in [0.5, 0.6) is 5.75 Å². The zero-order valence-corrected chi connectivity index (χ0v) is 15.7. The summed E-state index contributed by atoms with van der Waals surface area (Å²) >= 11 is 5.78. The second kappa shape index (κ2) is 8.53. The first-order chi connectivity index (χ1) is 13.9. The van der Waals surface area contributed by atoms with Gasteiger partial charge in [0.2, 0.25) is 5.90 Å². The van der Waals surface area contributed by atoms with Crippen molar-refractivity contribution < 1.29 is 28.7 Å². The molecule has 1 aliphatic heterocycles. The van der Waals surface area contributed by atoms with Crippen LogP contribution in [0.4, 0.5) is 10.5 Å². The molecule has 1 aliphatic rings. The number of cyclic esters (lactones) is 1. The minimum atomic E-state index is -0.815. The monoisotopic (exact) mass is 416 g/mol. The van der Waals surface area contributed by atoms with E-state index in [1.165, 1.54) is 36.4 Å². The summed E-state index contributed by atoms with van der Waals surface area (Å²) in [5.74, 6) is -0.495. The van der Waals surface area contributed by atoms with E-state index in [9.17, 15) is 19.7 Å². The number of ether oxygens (including phenoxy) is 3. The molecule has 9 nitrogen and oxygen atoms in total. The molecule has 0 fully saturated rings. The summed E-state index contributed by atoms with van der Waals surface area (Å²) in [6.07, 6.45) is 0.651. The molecule has 0 saturated carbocycles. The van der Waals surface area contributed by atoms with Crippen molar-refractivity contribution in [2.75, 3.05) is 6.61 Å². The number of carbonyl (C=O) groups is 2. The topological polar surface area (TPSA) is 117 Å². The Kier molecular flexibility index (Phi) is 5.89. The maximum absolute atomic E-state index is 12.1. The van der Waals surface area contributed by atoms with Crippen molar-refractivity contribution >= 4 is 41.4 Å². The molecule has 1 heterocycles. The number of aliphatic imine (C=N–C) groups is 1. The Labute approximate surface area is 169 Å². The van der Waals surface area contributed by atoms with Crippen molar-refractivity contribution in [1.29, 1.82) is 0 Å². The molecule has 3 rings (SSSR count). The van der Waals surface area contributed by atoms with Gasteiger partial charge in [0.15, 0.2) is 5.70 Å². The Morgan fingerprint density at radius 2 is 2.00 bits per heavy atom. The van der Waals surface area contributed by atoms with E-state index in [0.29, 0.717) is 5.56 Å². The Hall–Kier alpha value is -3.72. The highest BCUT2D eigenvalue weighted by atomic mass is 35.5. The van der Waals surface area contributed by atoms with Crippen LogP contribution in [0.2, 0.25) is 5.02 Å². The molecule has 29 heavy (non-hydrogen) atoms. The molecule has 0 unspecified atom stereocenters. The van der Waals surface area contributed by atoms with Crippen LogP contribution in [0.15, 0.2) is 53.2 Å². The molecule has 2 aromatic carbocycles. The molecule has 0 aromatic heterocycles. The van der Waals surface area contributed by atoms with Gasteiger partial charge in [0.25, 0.3) is 5.69 Å². The molecule has 148 valence electrons. The van der Waals surface area contributed by atoms with Gasteiger partial charge >= 0.3 is 12.1 Å². The minimum absolute atomic E-state index is 0.0108. The second-order valence-electron chi connectivity index (χ2n) is 5.61. The van der Waals surface area contributed by atoms with Gasteiger partial charge in [-0.1, -0.05) is 23.7 Å². The summed E-state index contributed by atoms with van der Waals surface area (Å²) in [7, 11) is 0. The standard InChI is InChI=1S/C19H13ClN2O7/c1-2-27-19(24)28-13-6-3-11(4-7-13)9-15-18(23)29-17(21-15)12-5-8-14(20)16(10-12)22(25)26/h3-10H,2H2,1H3/b15-9-. The van der Waals surface area contributed by atoms with Gasteiger partial charge in [-0.25, -0.2) is 14.6 Å². The fourth-order valence-corrected chi connectivity index (χ4v) is 2.54. The minimum Gasteiger partial charge on any atom is -0.434 e. The number of nitro benzene ring substituents is 1. The highest BCUT2D eigenvalue weighted by Gasteiger charge is 2.26. The van der Waals surface area contributed by atoms with Crippen LogP contribution in [0.3, 0.4) is 0 Å². The molecule has 0 spiro atoms. The van der Waals surface area contributed by atoms with E-state index >= 15 is 0 Å². The van der Waals surface area contributed by atoms with Crippen LogP contribution >= 0.6 is 11.6 Å². The Morgan fingerprint density at radius 3 is 2.66 bits per heavy atom. The van der Waals surface area contributed by atoms with Gasteiger partial charge < -0.3 is 14.2 Å². The smallest absolute Gasteiger partial charge is 0.434 e. The van der Waals surface area contributed by atoms with E-state index in [1.807, 2.05) is 0 Å². The molecule has 0 bridgehead atoms. The summed E-state index contributed by atoms with van der Waals surface area (Å²) < 4.78 is 14.7. The van der Waals surface area contributed by atoms with Crippen molar-refractivity contribution in [3.8, 4) is 5.75 Å². The van der Waals surface area contributed by atoms with Crippen molar-refractivity contribution in [2.24, 2.45) is 4.99 Å². The number of carbonyl (C=O) groups excluding carboxylic acids is 2. The van der Waals surface area contributed by atoms with Crippen LogP contribution in [0, 0.1) is 10.1 Å². The van der Waals surface area contributed by atoms with Crippen molar-refractivity contribution in [2.45, 2.75) is 6.92 Å². The molecule has 0 saturated heterocycles. The second-order valence-corrected chi connectivity index (χ2v) is 6.02. The number of hydrogen-bond acceptors (Lipinski definition) is 8. The first-order valence-electron chi connectivity index (χ1n) is 8.29. The van der Waals surface area contributed by atoms with Crippen LogP contribution < -0.4 is 4.74 Å². The Bertz CT molecular complexity index is 1050. The van der Waals surface area contributed by atoms with Gasteiger partial charge in [0.1, 0.15) is 10.8 Å². The number of rotatable bonds is 5. The van der Waals surface area contributed by atoms with Gasteiger partial charge in [0, 0.05) is 11.6 Å². The predicted molar refractivity (Wildman–Crippen MR) is 103 cm³/mol. The molecule has 0 atom stereocenters. The van der Waals surface area contributed by atoms with Gasteiger partial charge in [-0.2, -0.15) is 0 Å². The summed E-state index contributed by atoms with van der Waals surface area (Å²) in [5, 5.41) is 11.0. The number of nitro groups is 1. The summed E-state index contributed by atoms with van der Waals surface area (Å²) in [5.41, 5.74) is 0.533. The zero-order chi connectivity index (χ0) is 21.0. The summed E-state index contributed by atoms with van der Waals surface area (Å²) in [6.45, 7) is 1.86. The molecule has 2 aromatic rings. The maximum Gasteiger partial charge on any atom is 0.513 e. The number of halogens is 1. The van der Waals surface area contributed by atoms with E-state index in [1.54, 1.807) is 19.1 Å². The highest BCUT2D eigenvalue weighted by molar-refractivity contribution is 6.32. The molecule has 10 heteroatoms. The lowest BCUT2D eigenvalue weighted by atomic mass is 10.2. The van der Waals surface area contributed by atoms with E-state index in [-0.39, 0.29) is 40.2 Å². The number of nitrogens with zero attached hydrogens (tertiary/aromatic N) is 2. The van der Waals surface area contributed by atoms with Crippen molar-refractivity contribution in [3.05, 3.63) is 74.4 Å². The maximum atomic E-state index is 12.1. The highest BCUT2D eigenvalue weighted by Crippen LogP contribution is 2.27. The normalized spacial score (nSPS) is 14.3. The van der Waals surface area contributed by atoms with Gasteiger partial charge in [-0.3, -0.25) is 10.1 Å². The number of esters is 1. The molecule has 0 N–H and O–H groups in total. The fraction of sp³-hybridized carbons (Fsp3) is 0.105. The van der Waals surface area contributed by atoms with Gasteiger partial charge in [-0.05, 0) is 42.8 Å². The van der Waals surface area contributed by atoms with Crippen LogP contribution in [0.25, 0.3) is 6.08 Å². The quantitative estimate of drug-likeness (QED) is 0.236. The Balaban J connectivity index is 1.81. The molecule has 0 radical (unpaired) electrons. The zero-order valence-electron chi connectivity index (χ0n) is 15.0. The molecule has 0 aliphatic carbocycles. The Morgan fingerprint density at radius 1 is 1.28 bits per heavy atom. The number of benzene rings is 2. The predicted octanol–water partition coefficient (Wildman–Crippen LogP) is 4.13. The molecule has 0 amide bonds. The third-order valence-electron chi connectivity index (χ3n) is 3.66. The van der Waals surface area contributed by atoms with Crippen molar-refractivity contribution in [1.82, 2.24) is 0 Å². The lowest BCUT2D eigenvalue weighted by Crippen LogP contribution is -2.09. The third kappa shape index (κ3) is 4.77. The largest absolute Gasteiger partial charge is 0.513 e. The van der Waals surface area contributed by atoms with E-state index in [0.717, 1.165) is 0 Å². The van der Waals surface area contributed by atoms with Crippen LogP contribution in [-0.2, 0) is 14.3 Å². The molecular weight excluding hydrogens is 404 g/mol. The lowest BCUT2D eigenvalue weighted by Gasteiger charge is -2.03. The van der Waals surface area contributed by atoms with E-state index < -0.39 is 17.0 Å². The SMILES string of the molecule is CCOC(=O)Oc1ccc(/C=C2\N=C(c3ccc(Cl)c([N+](=O)[O-])c3)OC2=O)cc1. The van der Waals surface area contributed by atoms with Gasteiger partial charge in [0.05, 0.1) is 11.5 Å². The third-order valence-corrected chi connectivity index (χ3v) is 3.98. The van der Waals surface area contributed by atoms with Crippen LogP contribution in [-0.4, -0.2) is 29.6 Å². The average Bonchev–Trinajstić information content (AvgIpc) is 3.04. The van der Waals surface area contributed by atoms with Crippen molar-refractivity contribution in [3.63, 3.8) is 0 Å². The summed E-state index contributed by atoms with van der Waals surface area (Å²) in [6, 6.07) is 10.2. The lowest BCUT2D eigenvalue weighted by molar-refractivity contribution is -0.384. The number of hydrogen-bond donors (Lipinski definition) is 0. The fourth-order valence-electron chi connectivity index (χ4n) is 2.35.